The highest BCUT2D eigenvalue weighted by Crippen LogP contribution is 2.23. The molecule has 3 aromatic rings. The average Bonchev–Trinajstić information content (AvgIpc) is 2.85. The van der Waals surface area contributed by atoms with Crippen molar-refractivity contribution < 1.29 is 4.79 Å². The number of nitrogens with one attached hydrogen (secondary N) is 1. The molecular formula is C15H12Cl2N6OS. The Labute approximate surface area is 158 Å². The molecule has 1 aromatic carbocycles. The fourth-order valence-electron chi connectivity index (χ4n) is 2.09. The van der Waals surface area contributed by atoms with Crippen LogP contribution in [0.15, 0.2) is 42.7 Å². The first-order valence-electron chi connectivity index (χ1n) is 7.06. The van der Waals surface area contributed by atoms with E-state index in [0.29, 0.717) is 15.6 Å². The Balaban J connectivity index is 1.84. The van der Waals surface area contributed by atoms with Crippen LogP contribution in [0, 0.1) is 4.77 Å². The summed E-state index contributed by atoms with van der Waals surface area (Å²) >= 11 is 17.1. The molecule has 0 amide bonds. The monoisotopic (exact) mass is 394 g/mol. The van der Waals surface area contributed by atoms with E-state index in [9.17, 15) is 4.79 Å². The van der Waals surface area contributed by atoms with Crippen molar-refractivity contribution in [3.8, 4) is 0 Å². The van der Waals surface area contributed by atoms with Gasteiger partial charge >= 0.3 is 0 Å². The molecule has 3 rings (SSSR count). The van der Waals surface area contributed by atoms with Gasteiger partial charge in [-0.05, 0) is 42.5 Å². The Morgan fingerprint density at radius 3 is 2.60 bits per heavy atom. The van der Waals surface area contributed by atoms with Crippen molar-refractivity contribution in [2.24, 2.45) is 0 Å². The van der Waals surface area contributed by atoms with E-state index in [0.717, 1.165) is 5.69 Å². The topological polar surface area (TPSA) is 90.8 Å². The van der Waals surface area contributed by atoms with Crippen molar-refractivity contribution in [2.75, 3.05) is 11.2 Å². The molecule has 0 aliphatic carbocycles. The van der Waals surface area contributed by atoms with Crippen molar-refractivity contribution >= 4 is 52.8 Å². The number of pyridine rings is 1. The second-order valence-electron chi connectivity index (χ2n) is 5.03. The molecule has 0 bridgehead atoms. The van der Waals surface area contributed by atoms with Gasteiger partial charge in [-0.15, -0.1) is 5.10 Å². The zero-order valence-electron chi connectivity index (χ0n) is 12.7. The molecule has 128 valence electrons. The van der Waals surface area contributed by atoms with Crippen LogP contribution in [0.2, 0.25) is 10.0 Å². The van der Waals surface area contributed by atoms with Gasteiger partial charge in [0.1, 0.15) is 6.54 Å². The number of nitrogens with zero attached hydrogens (tertiary/aromatic N) is 4. The number of Topliss-reactive ketones (excluding diaryl/α,β-unsaturated/α-hetero) is 1. The van der Waals surface area contributed by atoms with Gasteiger partial charge in [0.15, 0.2) is 5.78 Å². The molecule has 7 nitrogen and oxygen atoms in total. The average molecular weight is 395 g/mol. The Bertz CT molecular complexity index is 985. The molecule has 0 unspecified atom stereocenters. The van der Waals surface area contributed by atoms with Crippen LogP contribution >= 0.6 is 35.4 Å². The lowest BCUT2D eigenvalue weighted by molar-refractivity contribution is 0.0967. The van der Waals surface area contributed by atoms with Crippen LogP contribution in [0.5, 0.6) is 0 Å². The highest BCUT2D eigenvalue weighted by atomic mass is 35.5. The molecule has 0 saturated carbocycles. The Kier molecular flexibility index (Phi) is 5.03. The molecule has 25 heavy (non-hydrogen) atoms. The lowest BCUT2D eigenvalue weighted by Gasteiger charge is -2.07. The van der Waals surface area contributed by atoms with Crippen LogP contribution in [0.4, 0.5) is 11.6 Å². The summed E-state index contributed by atoms with van der Waals surface area (Å²) in [7, 11) is 0. The molecule has 0 aliphatic heterocycles. The van der Waals surface area contributed by atoms with E-state index in [1.54, 1.807) is 36.7 Å². The third-order valence-electron chi connectivity index (χ3n) is 3.32. The second-order valence-corrected chi connectivity index (χ2v) is 6.21. The van der Waals surface area contributed by atoms with Gasteiger partial charge in [0.25, 0.3) is 0 Å². The summed E-state index contributed by atoms with van der Waals surface area (Å²) in [5, 5.41) is 4.79. The molecule has 2 aromatic heterocycles. The number of aromatic nitrogens is 4. The van der Waals surface area contributed by atoms with Gasteiger partial charge in [0.05, 0.1) is 15.7 Å². The molecule has 0 radical (unpaired) electrons. The Morgan fingerprint density at radius 2 is 1.92 bits per heavy atom. The highest BCUT2D eigenvalue weighted by Gasteiger charge is 2.14. The summed E-state index contributed by atoms with van der Waals surface area (Å²) in [5.74, 6) is -0.0908. The van der Waals surface area contributed by atoms with Crippen molar-refractivity contribution in [1.29, 1.82) is 0 Å². The number of anilines is 2. The minimum absolute atomic E-state index is 0.0774. The SMILES string of the molecule is Nc1nn(CC(=O)c2ccc(Cl)c(Cl)c2)c(=S)n1Nc1ccncc1. The normalized spacial score (nSPS) is 10.6. The van der Waals surface area contributed by atoms with E-state index >= 15 is 0 Å². The first-order chi connectivity index (χ1) is 12.0. The Morgan fingerprint density at radius 1 is 1.20 bits per heavy atom. The zero-order valence-corrected chi connectivity index (χ0v) is 15.0. The highest BCUT2D eigenvalue weighted by molar-refractivity contribution is 7.71. The number of carbonyl (C=O) groups excluding carboxylic acids is 1. The van der Waals surface area contributed by atoms with Gasteiger partial charge in [-0.25, -0.2) is 4.68 Å². The molecule has 2 heterocycles. The summed E-state index contributed by atoms with van der Waals surface area (Å²) < 4.78 is 3.00. The van der Waals surface area contributed by atoms with Gasteiger partial charge < -0.3 is 5.73 Å². The number of hydrogen-bond donors (Lipinski definition) is 2. The van der Waals surface area contributed by atoms with Crippen LogP contribution in [0.3, 0.4) is 0 Å². The predicted octanol–water partition coefficient (Wildman–Crippen LogP) is 3.46. The van der Waals surface area contributed by atoms with E-state index < -0.39 is 0 Å². The van der Waals surface area contributed by atoms with E-state index in [1.807, 2.05) is 0 Å². The van der Waals surface area contributed by atoms with Gasteiger partial charge in [-0.3, -0.25) is 15.2 Å². The smallest absolute Gasteiger partial charge is 0.240 e. The molecule has 3 N–H and O–H groups in total. The number of rotatable bonds is 5. The van der Waals surface area contributed by atoms with E-state index in [4.69, 9.17) is 41.2 Å². The van der Waals surface area contributed by atoms with Crippen LogP contribution in [-0.4, -0.2) is 25.2 Å². The van der Waals surface area contributed by atoms with Gasteiger partial charge in [0, 0.05) is 18.0 Å². The first-order valence-corrected chi connectivity index (χ1v) is 8.23. The lowest BCUT2D eigenvalue weighted by atomic mass is 10.1. The summed E-state index contributed by atoms with van der Waals surface area (Å²) in [6, 6.07) is 8.16. The number of nitrogen functional groups attached to an aromatic ring is 1. The first kappa shape index (κ1) is 17.4. The minimum Gasteiger partial charge on any atom is -0.366 e. The van der Waals surface area contributed by atoms with Crippen molar-refractivity contribution in [2.45, 2.75) is 6.54 Å². The quantitative estimate of drug-likeness (QED) is 0.508. The molecule has 0 aliphatic rings. The van der Waals surface area contributed by atoms with Crippen molar-refractivity contribution in [3.63, 3.8) is 0 Å². The maximum Gasteiger partial charge on any atom is 0.240 e. The summed E-state index contributed by atoms with van der Waals surface area (Å²) in [4.78, 5) is 16.4. The third kappa shape index (κ3) is 3.81. The third-order valence-corrected chi connectivity index (χ3v) is 4.45. The largest absolute Gasteiger partial charge is 0.366 e. The van der Waals surface area contributed by atoms with Gasteiger partial charge in [-0.1, -0.05) is 23.2 Å². The van der Waals surface area contributed by atoms with Crippen LogP contribution in [0.25, 0.3) is 0 Å². The van der Waals surface area contributed by atoms with Gasteiger partial charge in [-0.2, -0.15) is 4.68 Å². The van der Waals surface area contributed by atoms with Crippen molar-refractivity contribution in [3.05, 3.63) is 63.1 Å². The number of halogens is 2. The number of hydrogen-bond acceptors (Lipinski definition) is 6. The summed E-state index contributed by atoms with van der Waals surface area (Å²) in [5.41, 5.74) is 10.0. The lowest BCUT2D eigenvalue weighted by Crippen LogP contribution is -2.14. The van der Waals surface area contributed by atoms with E-state index in [1.165, 1.54) is 15.4 Å². The maximum absolute atomic E-state index is 12.4. The minimum atomic E-state index is -0.219. The fraction of sp³-hybridized carbons (Fsp3) is 0.0667. The van der Waals surface area contributed by atoms with Crippen molar-refractivity contribution in [1.82, 2.24) is 19.4 Å². The molecule has 0 fully saturated rings. The fourth-order valence-corrected chi connectivity index (χ4v) is 2.63. The second kappa shape index (κ2) is 7.22. The van der Waals surface area contributed by atoms with Crippen LogP contribution in [-0.2, 0) is 6.54 Å². The maximum atomic E-state index is 12.4. The van der Waals surface area contributed by atoms with E-state index in [-0.39, 0.29) is 23.0 Å². The number of ketones is 1. The van der Waals surface area contributed by atoms with Crippen LogP contribution in [0.1, 0.15) is 10.4 Å². The number of nitrogens with two attached hydrogens (primary N) is 1. The zero-order chi connectivity index (χ0) is 18.0. The van der Waals surface area contributed by atoms with E-state index in [2.05, 4.69) is 15.5 Å². The number of benzene rings is 1. The van der Waals surface area contributed by atoms with Gasteiger partial charge in [0.2, 0.25) is 10.7 Å². The Hall–Kier alpha value is -2.42. The van der Waals surface area contributed by atoms with Crippen LogP contribution < -0.4 is 11.2 Å². The predicted molar refractivity (Wildman–Crippen MR) is 99.5 cm³/mol. The standard InChI is InChI=1S/C15H12Cl2N6OS/c16-11-2-1-9(7-12(11)17)13(24)8-22-15(25)23(14(18)21-22)20-10-3-5-19-6-4-10/h1-7H,8H2,(H2,18,21)(H,19,20). The molecule has 0 saturated heterocycles. The number of carbonyl (C=O) groups is 1. The summed E-state index contributed by atoms with van der Waals surface area (Å²) in [6.45, 7) is -0.0774. The molecule has 0 atom stereocenters. The molecule has 10 heteroatoms. The summed E-state index contributed by atoms with van der Waals surface area (Å²) in [6.07, 6.45) is 3.25. The molecular weight excluding hydrogens is 383 g/mol. The molecule has 0 spiro atoms.